The van der Waals surface area contributed by atoms with Crippen LogP contribution in [0.1, 0.15) is 0 Å². The van der Waals surface area contributed by atoms with E-state index in [1.165, 1.54) is 6.08 Å². The molecule has 4 heteroatoms. The van der Waals surface area contributed by atoms with Gasteiger partial charge in [0.1, 0.15) is 0 Å². The Labute approximate surface area is 82.0 Å². The number of hydrogen-bond acceptors (Lipinski definition) is 3. The molecule has 0 atom stereocenters. The van der Waals surface area contributed by atoms with Gasteiger partial charge in [-0.1, -0.05) is 13.2 Å². The van der Waals surface area contributed by atoms with Crippen LogP contribution in [0.25, 0.3) is 0 Å². The number of carbonyl (C=O) groups is 1. The van der Waals surface area contributed by atoms with Gasteiger partial charge in [-0.3, -0.25) is 0 Å². The third-order valence-electron chi connectivity index (χ3n) is 0.258. The van der Waals surface area contributed by atoms with Gasteiger partial charge in [0.25, 0.3) is 0 Å². The number of carbonyl (C=O) groups excluding carboxylic acids is 1. The Balaban J connectivity index is -0.0000000910. The van der Waals surface area contributed by atoms with Gasteiger partial charge in [-0.15, -0.1) is 0 Å². The maximum absolute atomic E-state index is 9.14. The topological polar surface area (TPSA) is 63.9 Å². The van der Waals surface area contributed by atoms with E-state index in [-0.39, 0.29) is 29.6 Å². The van der Waals surface area contributed by atoms with E-state index in [4.69, 9.17) is 15.2 Å². The molecule has 0 N–H and O–H groups in total. The Morgan fingerprint density at radius 3 is 1.80 bits per heavy atom. The summed E-state index contributed by atoms with van der Waals surface area (Å²) in [5, 5.41) is 16.6. The minimum Gasteiger partial charge on any atom is -0.545 e. The van der Waals surface area contributed by atoms with Crippen LogP contribution >= 0.6 is 0 Å². The standard InChI is InChI=1S/C3H3N.C3H4O2.Na/c1-2-3-4;1-2-3(4)5;/h2H,1H2;2H,1H2,(H,4,5);/q;;+1/p-1. The molecule has 0 aliphatic heterocycles. The molecule has 10 heavy (non-hydrogen) atoms. The van der Waals surface area contributed by atoms with Crippen LogP contribution in [-0.4, -0.2) is 5.97 Å². The molecule has 0 aliphatic carbocycles. The average molecular weight is 147 g/mol. The number of carboxylic acid groups (broad SMARTS) is 1. The normalized spacial score (nSPS) is 4.70. The first kappa shape index (κ1) is 16.2. The van der Waals surface area contributed by atoms with E-state index < -0.39 is 5.97 Å². The fourth-order valence-electron chi connectivity index (χ4n) is 0. The molecule has 0 fully saturated rings. The Kier molecular flexibility index (Phi) is 25.6. The van der Waals surface area contributed by atoms with Gasteiger partial charge >= 0.3 is 29.6 Å². The third kappa shape index (κ3) is 51.8. The molecular weight excluding hydrogens is 141 g/mol. The van der Waals surface area contributed by atoms with Gasteiger partial charge in [-0.25, -0.2) is 0 Å². The monoisotopic (exact) mass is 147 g/mol. The first-order valence-corrected chi connectivity index (χ1v) is 2.03. The zero-order valence-corrected chi connectivity index (χ0v) is 7.83. The van der Waals surface area contributed by atoms with Gasteiger partial charge < -0.3 is 9.90 Å². The summed E-state index contributed by atoms with van der Waals surface area (Å²) in [6, 6.07) is 1.69. The molecule has 0 amide bonds. The van der Waals surface area contributed by atoms with E-state index in [1.807, 2.05) is 0 Å². The van der Waals surface area contributed by atoms with Gasteiger partial charge in [0.2, 0.25) is 0 Å². The van der Waals surface area contributed by atoms with Crippen LogP contribution in [0.4, 0.5) is 0 Å². The number of allylic oxidation sites excluding steroid dienone is 1. The van der Waals surface area contributed by atoms with Crippen LogP contribution in [0.15, 0.2) is 25.3 Å². The molecule has 0 spiro atoms. The van der Waals surface area contributed by atoms with Crippen LogP contribution < -0.4 is 34.7 Å². The summed E-state index contributed by atoms with van der Waals surface area (Å²) in [5.41, 5.74) is 0. The van der Waals surface area contributed by atoms with Crippen molar-refractivity contribution in [1.29, 1.82) is 5.26 Å². The second kappa shape index (κ2) is 15.8. The summed E-state index contributed by atoms with van der Waals surface area (Å²) in [4.78, 5) is 9.14. The van der Waals surface area contributed by atoms with E-state index in [0.717, 1.165) is 6.08 Å². The van der Waals surface area contributed by atoms with Gasteiger partial charge in [-0.2, -0.15) is 5.26 Å². The molecule has 48 valence electrons. The summed E-state index contributed by atoms with van der Waals surface area (Å²) in [6.45, 7) is 6.02. The molecule has 0 aromatic heterocycles. The van der Waals surface area contributed by atoms with E-state index in [9.17, 15) is 0 Å². The van der Waals surface area contributed by atoms with Crippen molar-refractivity contribution in [2.45, 2.75) is 0 Å². The first-order valence-electron chi connectivity index (χ1n) is 2.03. The van der Waals surface area contributed by atoms with E-state index in [2.05, 4.69) is 13.2 Å². The molecule has 3 nitrogen and oxygen atoms in total. The number of carboxylic acids is 1. The molecule has 0 aliphatic rings. The summed E-state index contributed by atoms with van der Waals surface area (Å²) < 4.78 is 0. The van der Waals surface area contributed by atoms with Crippen molar-refractivity contribution < 1.29 is 39.5 Å². The van der Waals surface area contributed by atoms with Crippen molar-refractivity contribution in [3.8, 4) is 6.07 Å². The van der Waals surface area contributed by atoms with Crippen LogP contribution in [-0.2, 0) is 4.79 Å². The molecule has 0 saturated heterocycles. The zero-order valence-electron chi connectivity index (χ0n) is 5.83. The summed E-state index contributed by atoms with van der Waals surface area (Å²) in [7, 11) is 0. The Morgan fingerprint density at radius 2 is 1.80 bits per heavy atom. The van der Waals surface area contributed by atoms with Crippen molar-refractivity contribution in [3.05, 3.63) is 25.3 Å². The van der Waals surface area contributed by atoms with Gasteiger partial charge in [0, 0.05) is 6.08 Å². The van der Waals surface area contributed by atoms with E-state index >= 15 is 0 Å². The third-order valence-corrected chi connectivity index (χ3v) is 0.258. The molecule has 0 heterocycles. The Hall–Kier alpha value is -0.560. The molecule has 0 bridgehead atoms. The Morgan fingerprint density at radius 1 is 1.60 bits per heavy atom. The summed E-state index contributed by atoms with van der Waals surface area (Å²) >= 11 is 0. The maximum atomic E-state index is 9.14. The van der Waals surface area contributed by atoms with Crippen LogP contribution in [0, 0.1) is 11.3 Å². The van der Waals surface area contributed by atoms with Crippen molar-refractivity contribution in [1.82, 2.24) is 0 Å². The predicted molar refractivity (Wildman–Crippen MR) is 31.0 cm³/mol. The molecule has 0 aromatic rings. The van der Waals surface area contributed by atoms with Crippen molar-refractivity contribution in [2.24, 2.45) is 0 Å². The van der Waals surface area contributed by atoms with Gasteiger partial charge in [0.05, 0.1) is 12.0 Å². The van der Waals surface area contributed by atoms with Crippen LogP contribution in [0.5, 0.6) is 0 Å². The number of nitrogens with zero attached hydrogens (tertiary/aromatic N) is 1. The van der Waals surface area contributed by atoms with E-state index in [0.29, 0.717) is 0 Å². The van der Waals surface area contributed by atoms with Crippen molar-refractivity contribution in [2.75, 3.05) is 0 Å². The summed E-state index contributed by atoms with van der Waals surface area (Å²) in [5.74, 6) is -1.23. The van der Waals surface area contributed by atoms with Crippen LogP contribution in [0.2, 0.25) is 0 Å². The first-order chi connectivity index (χ1) is 4.18. The SMILES string of the molecule is C=CC#N.C=CC(=O)[O-].[Na+]. The Bertz CT molecular complexity index is 148. The number of nitriles is 1. The van der Waals surface area contributed by atoms with Crippen molar-refractivity contribution >= 4 is 5.97 Å². The molecule has 0 rings (SSSR count). The second-order valence-electron chi connectivity index (χ2n) is 0.856. The van der Waals surface area contributed by atoms with Gasteiger partial charge in [0.15, 0.2) is 0 Å². The van der Waals surface area contributed by atoms with Crippen molar-refractivity contribution in [3.63, 3.8) is 0 Å². The second-order valence-corrected chi connectivity index (χ2v) is 0.856. The smallest absolute Gasteiger partial charge is 0.545 e. The number of hydrogen-bond donors (Lipinski definition) is 0. The quantitative estimate of drug-likeness (QED) is 0.221. The fourth-order valence-corrected chi connectivity index (χ4v) is 0. The molecular formula is C6H6NNaO2. The molecule has 0 radical (unpaired) electrons. The molecule has 0 saturated carbocycles. The number of aliphatic carboxylic acids is 1. The fraction of sp³-hybridized carbons (Fsp3) is 0. The summed E-state index contributed by atoms with van der Waals surface area (Å²) in [6.07, 6.45) is 1.90. The molecule has 0 unspecified atom stereocenters. The minimum atomic E-state index is -1.23. The largest absolute Gasteiger partial charge is 1.00 e. The molecule has 0 aromatic carbocycles. The average Bonchev–Trinajstić information content (AvgIpc) is 1.89. The van der Waals surface area contributed by atoms with Gasteiger partial charge in [-0.05, 0) is 6.08 Å². The number of rotatable bonds is 1. The van der Waals surface area contributed by atoms with E-state index in [1.54, 1.807) is 6.07 Å². The maximum Gasteiger partial charge on any atom is 1.00 e. The minimum absolute atomic E-state index is 0. The van der Waals surface area contributed by atoms with Crippen LogP contribution in [0.3, 0.4) is 0 Å². The zero-order chi connectivity index (χ0) is 7.70. The predicted octanol–water partition coefficient (Wildman–Crippen LogP) is -3.38.